The summed E-state index contributed by atoms with van der Waals surface area (Å²) in [6.07, 6.45) is 3.32. The summed E-state index contributed by atoms with van der Waals surface area (Å²) < 4.78 is 0. The maximum Gasteiger partial charge on any atom is 0.253 e. The zero-order valence-electron chi connectivity index (χ0n) is 12.2. The minimum Gasteiger partial charge on any atom is -0.339 e. The second kappa shape index (κ2) is 6.55. The monoisotopic (exact) mass is 274 g/mol. The van der Waals surface area contributed by atoms with E-state index in [1.807, 2.05) is 11.0 Å². The fourth-order valence-electron chi connectivity index (χ4n) is 2.58. The first-order valence-electron chi connectivity index (χ1n) is 7.23. The van der Waals surface area contributed by atoms with E-state index in [4.69, 9.17) is 0 Å². The standard InChI is InChI=1S/C16H22N2O2/c1-12-5-4-9-18(10-8-12)16(20)14-6-3-7-15(11-14)17-13(2)19/h3,6-7,11-12H,4-5,8-10H2,1-2H3,(H,17,19). The smallest absolute Gasteiger partial charge is 0.253 e. The first kappa shape index (κ1) is 14.6. The Balaban J connectivity index is 2.10. The molecule has 2 rings (SSSR count). The molecule has 1 aromatic carbocycles. The Labute approximate surface area is 120 Å². The summed E-state index contributed by atoms with van der Waals surface area (Å²) >= 11 is 0. The van der Waals surface area contributed by atoms with E-state index in [0.717, 1.165) is 25.9 Å². The van der Waals surface area contributed by atoms with Gasteiger partial charge < -0.3 is 10.2 Å². The summed E-state index contributed by atoms with van der Waals surface area (Å²) in [7, 11) is 0. The Morgan fingerprint density at radius 3 is 2.80 bits per heavy atom. The molecule has 4 nitrogen and oxygen atoms in total. The highest BCUT2D eigenvalue weighted by Gasteiger charge is 2.19. The van der Waals surface area contributed by atoms with E-state index in [1.165, 1.54) is 13.3 Å². The normalized spacial score (nSPS) is 19.3. The van der Waals surface area contributed by atoms with Gasteiger partial charge in [-0.3, -0.25) is 9.59 Å². The second-order valence-electron chi connectivity index (χ2n) is 5.59. The first-order chi connectivity index (χ1) is 9.56. The number of hydrogen-bond donors (Lipinski definition) is 1. The average Bonchev–Trinajstić information content (AvgIpc) is 2.62. The molecule has 1 fully saturated rings. The molecule has 1 N–H and O–H groups in total. The average molecular weight is 274 g/mol. The summed E-state index contributed by atoms with van der Waals surface area (Å²) in [6.45, 7) is 5.36. The van der Waals surface area contributed by atoms with Gasteiger partial charge in [-0.1, -0.05) is 13.0 Å². The SMILES string of the molecule is CC(=O)Nc1cccc(C(=O)N2CCCC(C)CC2)c1. The first-order valence-corrected chi connectivity index (χ1v) is 7.23. The highest BCUT2D eigenvalue weighted by molar-refractivity contribution is 5.96. The van der Waals surface area contributed by atoms with Crippen molar-refractivity contribution in [3.8, 4) is 0 Å². The van der Waals surface area contributed by atoms with Gasteiger partial charge in [-0.2, -0.15) is 0 Å². The maximum absolute atomic E-state index is 12.5. The van der Waals surface area contributed by atoms with Gasteiger partial charge in [0.2, 0.25) is 5.91 Å². The van der Waals surface area contributed by atoms with Crippen LogP contribution >= 0.6 is 0 Å². The Hall–Kier alpha value is -1.84. The third-order valence-corrected chi connectivity index (χ3v) is 3.73. The highest BCUT2D eigenvalue weighted by Crippen LogP contribution is 2.19. The van der Waals surface area contributed by atoms with Crippen LogP contribution in [-0.4, -0.2) is 29.8 Å². The van der Waals surface area contributed by atoms with E-state index >= 15 is 0 Å². The lowest BCUT2D eigenvalue weighted by Gasteiger charge is -2.20. The van der Waals surface area contributed by atoms with Crippen molar-refractivity contribution in [3.05, 3.63) is 29.8 Å². The number of rotatable bonds is 2. The zero-order valence-corrected chi connectivity index (χ0v) is 12.2. The molecule has 1 unspecified atom stereocenters. The van der Waals surface area contributed by atoms with Gasteiger partial charge in [0, 0.05) is 31.3 Å². The molecule has 0 radical (unpaired) electrons. The second-order valence-corrected chi connectivity index (χ2v) is 5.59. The highest BCUT2D eigenvalue weighted by atomic mass is 16.2. The minimum atomic E-state index is -0.127. The van der Waals surface area contributed by atoms with Crippen molar-refractivity contribution in [2.24, 2.45) is 5.92 Å². The summed E-state index contributed by atoms with van der Waals surface area (Å²) in [5, 5.41) is 2.71. The Morgan fingerprint density at radius 1 is 1.25 bits per heavy atom. The predicted molar refractivity (Wildman–Crippen MR) is 79.7 cm³/mol. The van der Waals surface area contributed by atoms with Gasteiger partial charge in [-0.15, -0.1) is 0 Å². The van der Waals surface area contributed by atoms with Crippen LogP contribution < -0.4 is 5.32 Å². The number of carbonyl (C=O) groups is 2. The van der Waals surface area contributed by atoms with Crippen molar-refractivity contribution < 1.29 is 9.59 Å². The number of nitrogens with zero attached hydrogens (tertiary/aromatic N) is 1. The van der Waals surface area contributed by atoms with E-state index in [9.17, 15) is 9.59 Å². The molecule has 0 aromatic heterocycles. The fraction of sp³-hybridized carbons (Fsp3) is 0.500. The maximum atomic E-state index is 12.5. The summed E-state index contributed by atoms with van der Waals surface area (Å²) in [5.41, 5.74) is 1.32. The van der Waals surface area contributed by atoms with E-state index in [2.05, 4.69) is 12.2 Å². The number of anilines is 1. The fourth-order valence-corrected chi connectivity index (χ4v) is 2.58. The number of benzene rings is 1. The molecular formula is C16H22N2O2. The zero-order chi connectivity index (χ0) is 14.5. The summed E-state index contributed by atoms with van der Waals surface area (Å²) in [6, 6.07) is 7.15. The van der Waals surface area contributed by atoms with Gasteiger partial charge in [-0.05, 0) is 43.4 Å². The van der Waals surface area contributed by atoms with Gasteiger partial charge in [0.1, 0.15) is 0 Å². The van der Waals surface area contributed by atoms with Crippen LogP contribution in [0.1, 0.15) is 43.5 Å². The van der Waals surface area contributed by atoms with Gasteiger partial charge >= 0.3 is 0 Å². The third kappa shape index (κ3) is 3.83. The number of hydrogen-bond acceptors (Lipinski definition) is 2. The van der Waals surface area contributed by atoms with Crippen molar-refractivity contribution in [1.29, 1.82) is 0 Å². The van der Waals surface area contributed by atoms with E-state index in [1.54, 1.807) is 18.2 Å². The van der Waals surface area contributed by atoms with Crippen molar-refractivity contribution in [3.63, 3.8) is 0 Å². The van der Waals surface area contributed by atoms with Crippen LogP contribution in [0.2, 0.25) is 0 Å². The number of amides is 2. The van der Waals surface area contributed by atoms with Gasteiger partial charge in [0.05, 0.1) is 0 Å². The Kier molecular flexibility index (Phi) is 4.77. The topological polar surface area (TPSA) is 49.4 Å². The number of nitrogens with one attached hydrogen (secondary N) is 1. The molecule has 4 heteroatoms. The molecule has 1 heterocycles. The van der Waals surface area contributed by atoms with Crippen molar-refractivity contribution >= 4 is 17.5 Å². The molecule has 1 saturated heterocycles. The van der Waals surface area contributed by atoms with E-state index in [0.29, 0.717) is 17.2 Å². The largest absolute Gasteiger partial charge is 0.339 e. The van der Waals surface area contributed by atoms with E-state index in [-0.39, 0.29) is 11.8 Å². The van der Waals surface area contributed by atoms with Crippen LogP contribution in [0.4, 0.5) is 5.69 Å². The van der Waals surface area contributed by atoms with Crippen LogP contribution in [0.3, 0.4) is 0 Å². The lowest BCUT2D eigenvalue weighted by molar-refractivity contribution is -0.114. The lowest BCUT2D eigenvalue weighted by Crippen LogP contribution is -2.32. The lowest BCUT2D eigenvalue weighted by atomic mass is 10.0. The molecule has 20 heavy (non-hydrogen) atoms. The van der Waals surface area contributed by atoms with Gasteiger partial charge in [-0.25, -0.2) is 0 Å². The molecule has 1 aliphatic heterocycles. The van der Waals surface area contributed by atoms with Crippen LogP contribution in [0, 0.1) is 5.92 Å². The number of likely N-dealkylation sites (tertiary alicyclic amines) is 1. The summed E-state index contributed by atoms with van der Waals surface area (Å²) in [4.78, 5) is 25.5. The summed E-state index contributed by atoms with van der Waals surface area (Å²) in [5.74, 6) is 0.628. The van der Waals surface area contributed by atoms with Crippen LogP contribution in [0.5, 0.6) is 0 Å². The molecule has 0 aliphatic carbocycles. The van der Waals surface area contributed by atoms with Crippen molar-refractivity contribution in [1.82, 2.24) is 4.90 Å². The van der Waals surface area contributed by atoms with Crippen LogP contribution in [-0.2, 0) is 4.79 Å². The predicted octanol–water partition coefficient (Wildman–Crippen LogP) is 2.91. The molecule has 2 amide bonds. The molecule has 0 saturated carbocycles. The third-order valence-electron chi connectivity index (χ3n) is 3.73. The van der Waals surface area contributed by atoms with Crippen molar-refractivity contribution in [2.75, 3.05) is 18.4 Å². The Morgan fingerprint density at radius 2 is 2.05 bits per heavy atom. The Bertz CT molecular complexity index is 499. The van der Waals surface area contributed by atoms with Crippen LogP contribution in [0.15, 0.2) is 24.3 Å². The molecule has 108 valence electrons. The quantitative estimate of drug-likeness (QED) is 0.901. The molecule has 1 aromatic rings. The number of carbonyl (C=O) groups excluding carboxylic acids is 2. The molecule has 0 bridgehead atoms. The van der Waals surface area contributed by atoms with Gasteiger partial charge in [0.15, 0.2) is 0 Å². The molecule has 1 aliphatic rings. The van der Waals surface area contributed by atoms with Gasteiger partial charge in [0.25, 0.3) is 5.91 Å². The molecular weight excluding hydrogens is 252 g/mol. The van der Waals surface area contributed by atoms with E-state index < -0.39 is 0 Å². The molecule has 0 spiro atoms. The molecule has 1 atom stereocenters. The van der Waals surface area contributed by atoms with Crippen LogP contribution in [0.25, 0.3) is 0 Å². The van der Waals surface area contributed by atoms with Crippen molar-refractivity contribution in [2.45, 2.75) is 33.1 Å². The minimum absolute atomic E-state index is 0.0614.